The molecule has 94 valence electrons. The van der Waals surface area contributed by atoms with Crippen LogP contribution in [-0.2, 0) is 0 Å². The Morgan fingerprint density at radius 3 is 2.68 bits per heavy atom. The highest BCUT2D eigenvalue weighted by atomic mass is 35.5. The Morgan fingerprint density at radius 1 is 1.05 bits per heavy atom. The van der Waals surface area contributed by atoms with Gasteiger partial charge in [-0.15, -0.1) is 0 Å². The summed E-state index contributed by atoms with van der Waals surface area (Å²) in [7, 11) is 0. The third kappa shape index (κ3) is 2.25. The van der Waals surface area contributed by atoms with Crippen LogP contribution < -0.4 is 5.73 Å². The maximum Gasteiger partial charge on any atom is 0.0914 e. The Kier molecular flexibility index (Phi) is 2.84. The van der Waals surface area contributed by atoms with Crippen LogP contribution >= 0.6 is 11.6 Å². The van der Waals surface area contributed by atoms with E-state index >= 15 is 0 Å². The smallest absolute Gasteiger partial charge is 0.0914 e. The molecule has 0 fully saturated rings. The topological polar surface area (TPSA) is 51.8 Å². The Bertz CT molecular complexity index is 768. The summed E-state index contributed by atoms with van der Waals surface area (Å²) in [5.74, 6) is 0. The van der Waals surface area contributed by atoms with Gasteiger partial charge in [-0.2, -0.15) is 0 Å². The lowest BCUT2D eigenvalue weighted by molar-refractivity contribution is 1.29. The molecule has 0 amide bonds. The molecule has 0 aliphatic carbocycles. The molecule has 0 atom stereocenters. The minimum Gasteiger partial charge on any atom is -0.399 e. The predicted molar refractivity (Wildman–Crippen MR) is 79.1 cm³/mol. The standard InChI is InChI=1S/C15H12ClN3/c1-9-6-10(2-4-12(9)16)15-8-18-13-5-3-11(17)7-14(13)19-15/h2-8H,17H2,1H3. The lowest BCUT2D eigenvalue weighted by atomic mass is 10.1. The molecule has 0 aliphatic rings. The van der Waals surface area contributed by atoms with Crippen molar-refractivity contribution in [3.63, 3.8) is 0 Å². The summed E-state index contributed by atoms with van der Waals surface area (Å²) >= 11 is 6.03. The van der Waals surface area contributed by atoms with Crippen LogP contribution in [0.25, 0.3) is 22.3 Å². The summed E-state index contributed by atoms with van der Waals surface area (Å²) in [6.45, 7) is 1.97. The molecule has 0 saturated heterocycles. The van der Waals surface area contributed by atoms with E-state index in [4.69, 9.17) is 17.3 Å². The molecule has 1 heterocycles. The third-order valence-electron chi connectivity index (χ3n) is 3.02. The van der Waals surface area contributed by atoms with E-state index in [0.29, 0.717) is 5.69 Å². The number of fused-ring (bicyclic) bond motifs is 1. The van der Waals surface area contributed by atoms with Crippen LogP contribution in [0.4, 0.5) is 5.69 Å². The number of benzene rings is 2. The minimum atomic E-state index is 0.686. The van der Waals surface area contributed by atoms with E-state index in [1.54, 1.807) is 6.20 Å². The van der Waals surface area contributed by atoms with Crippen LogP contribution in [0.1, 0.15) is 5.56 Å². The first-order valence-electron chi connectivity index (χ1n) is 5.92. The summed E-state index contributed by atoms with van der Waals surface area (Å²) in [4.78, 5) is 8.99. The number of aryl methyl sites for hydroxylation is 1. The molecule has 4 heteroatoms. The number of aromatic nitrogens is 2. The van der Waals surface area contributed by atoms with Crippen LogP contribution in [0.15, 0.2) is 42.6 Å². The zero-order valence-electron chi connectivity index (χ0n) is 10.4. The quantitative estimate of drug-likeness (QED) is 0.683. The SMILES string of the molecule is Cc1cc(-c2cnc3ccc(N)cc3n2)ccc1Cl. The van der Waals surface area contributed by atoms with Crippen molar-refractivity contribution < 1.29 is 0 Å². The van der Waals surface area contributed by atoms with Crippen LogP contribution in [0.5, 0.6) is 0 Å². The van der Waals surface area contributed by atoms with Crippen LogP contribution in [0, 0.1) is 6.92 Å². The number of anilines is 1. The summed E-state index contributed by atoms with van der Waals surface area (Å²) in [5, 5.41) is 0.752. The van der Waals surface area contributed by atoms with E-state index in [1.807, 2.05) is 43.3 Å². The number of nitrogen functional groups attached to an aromatic ring is 1. The Labute approximate surface area is 116 Å². The monoisotopic (exact) mass is 269 g/mol. The Balaban J connectivity index is 2.16. The Hall–Kier alpha value is -2.13. The molecule has 3 rings (SSSR count). The highest BCUT2D eigenvalue weighted by molar-refractivity contribution is 6.31. The van der Waals surface area contributed by atoms with E-state index in [9.17, 15) is 0 Å². The zero-order chi connectivity index (χ0) is 13.4. The first-order chi connectivity index (χ1) is 9.13. The van der Waals surface area contributed by atoms with Crippen molar-refractivity contribution in [3.8, 4) is 11.3 Å². The molecule has 3 nitrogen and oxygen atoms in total. The molecular formula is C15H12ClN3. The summed E-state index contributed by atoms with van der Waals surface area (Å²) in [5.41, 5.74) is 10.9. The van der Waals surface area contributed by atoms with E-state index in [1.165, 1.54) is 0 Å². The van der Waals surface area contributed by atoms with E-state index in [2.05, 4.69) is 9.97 Å². The lowest BCUT2D eigenvalue weighted by Crippen LogP contribution is -1.91. The molecule has 2 N–H and O–H groups in total. The normalized spacial score (nSPS) is 10.8. The first-order valence-corrected chi connectivity index (χ1v) is 6.30. The molecule has 0 unspecified atom stereocenters. The zero-order valence-corrected chi connectivity index (χ0v) is 11.1. The number of hydrogen-bond donors (Lipinski definition) is 1. The van der Waals surface area contributed by atoms with Gasteiger partial charge in [0.1, 0.15) is 0 Å². The van der Waals surface area contributed by atoms with E-state index in [-0.39, 0.29) is 0 Å². The Morgan fingerprint density at radius 2 is 1.89 bits per heavy atom. The van der Waals surface area contributed by atoms with Crippen LogP contribution in [0.3, 0.4) is 0 Å². The van der Waals surface area contributed by atoms with Crippen molar-refractivity contribution in [2.24, 2.45) is 0 Å². The maximum atomic E-state index is 6.03. The van der Waals surface area contributed by atoms with Gasteiger partial charge in [-0.1, -0.05) is 17.7 Å². The molecule has 0 aliphatic heterocycles. The van der Waals surface area contributed by atoms with Crippen LogP contribution in [-0.4, -0.2) is 9.97 Å². The summed E-state index contributed by atoms with van der Waals surface area (Å²) in [6, 6.07) is 11.3. The number of hydrogen-bond acceptors (Lipinski definition) is 3. The third-order valence-corrected chi connectivity index (χ3v) is 3.44. The largest absolute Gasteiger partial charge is 0.399 e. The second kappa shape index (κ2) is 4.52. The number of halogens is 1. The molecule has 0 radical (unpaired) electrons. The van der Waals surface area contributed by atoms with Crippen molar-refractivity contribution in [1.29, 1.82) is 0 Å². The fourth-order valence-corrected chi connectivity index (χ4v) is 2.09. The second-order valence-corrected chi connectivity index (χ2v) is 4.87. The van der Waals surface area contributed by atoms with Gasteiger partial charge in [0, 0.05) is 16.3 Å². The number of nitrogens with two attached hydrogens (primary N) is 1. The average Bonchev–Trinajstić information content (AvgIpc) is 2.41. The number of rotatable bonds is 1. The van der Waals surface area contributed by atoms with Crippen molar-refractivity contribution in [2.75, 3.05) is 5.73 Å². The van der Waals surface area contributed by atoms with E-state index in [0.717, 1.165) is 32.9 Å². The maximum absolute atomic E-state index is 6.03. The van der Waals surface area contributed by atoms with Crippen molar-refractivity contribution in [2.45, 2.75) is 6.92 Å². The van der Waals surface area contributed by atoms with Crippen LogP contribution in [0.2, 0.25) is 5.02 Å². The van der Waals surface area contributed by atoms with Gasteiger partial charge in [0.05, 0.1) is 22.9 Å². The summed E-state index contributed by atoms with van der Waals surface area (Å²) in [6.07, 6.45) is 1.77. The van der Waals surface area contributed by atoms with Crippen molar-refractivity contribution in [3.05, 3.63) is 53.2 Å². The summed E-state index contributed by atoms with van der Waals surface area (Å²) < 4.78 is 0. The van der Waals surface area contributed by atoms with Gasteiger partial charge in [0.15, 0.2) is 0 Å². The molecule has 0 saturated carbocycles. The molecule has 0 bridgehead atoms. The molecule has 0 spiro atoms. The van der Waals surface area contributed by atoms with Gasteiger partial charge in [-0.3, -0.25) is 4.98 Å². The highest BCUT2D eigenvalue weighted by Gasteiger charge is 2.05. The van der Waals surface area contributed by atoms with Gasteiger partial charge in [0.2, 0.25) is 0 Å². The highest BCUT2D eigenvalue weighted by Crippen LogP contribution is 2.24. The fourth-order valence-electron chi connectivity index (χ4n) is 1.97. The van der Waals surface area contributed by atoms with Gasteiger partial charge in [0.25, 0.3) is 0 Å². The van der Waals surface area contributed by atoms with Gasteiger partial charge in [-0.25, -0.2) is 4.98 Å². The van der Waals surface area contributed by atoms with Crippen molar-refractivity contribution >= 4 is 28.3 Å². The second-order valence-electron chi connectivity index (χ2n) is 4.47. The lowest BCUT2D eigenvalue weighted by Gasteiger charge is -2.05. The number of nitrogens with zero attached hydrogens (tertiary/aromatic N) is 2. The molecule has 3 aromatic rings. The van der Waals surface area contributed by atoms with Gasteiger partial charge < -0.3 is 5.73 Å². The predicted octanol–water partition coefficient (Wildman–Crippen LogP) is 3.84. The molecular weight excluding hydrogens is 258 g/mol. The minimum absolute atomic E-state index is 0.686. The fraction of sp³-hybridized carbons (Fsp3) is 0.0667. The van der Waals surface area contributed by atoms with Crippen molar-refractivity contribution in [1.82, 2.24) is 9.97 Å². The average molecular weight is 270 g/mol. The molecule has 2 aromatic carbocycles. The van der Waals surface area contributed by atoms with Gasteiger partial charge >= 0.3 is 0 Å². The first kappa shape index (κ1) is 11.9. The van der Waals surface area contributed by atoms with E-state index < -0.39 is 0 Å². The molecule has 1 aromatic heterocycles. The van der Waals surface area contributed by atoms with Gasteiger partial charge in [-0.05, 0) is 42.8 Å². The molecule has 19 heavy (non-hydrogen) atoms.